The number of hydrogen-bond donors (Lipinski definition) is 1. The fourth-order valence-electron chi connectivity index (χ4n) is 2.10. The Morgan fingerprint density at radius 3 is 2.26 bits per heavy atom. The number of halogens is 1. The number of rotatable bonds is 4. The Morgan fingerprint density at radius 1 is 1.04 bits per heavy atom. The van der Waals surface area contributed by atoms with Crippen LogP contribution in [-0.4, -0.2) is 20.1 Å². The maximum absolute atomic E-state index is 12.3. The molecule has 0 saturated carbocycles. The van der Waals surface area contributed by atoms with Crippen molar-refractivity contribution >= 4 is 37.4 Å². The molecule has 0 atom stereocenters. The molecule has 0 bridgehead atoms. The molecule has 122 valence electrons. The average Bonchev–Trinajstić information content (AvgIpc) is 2.44. The molecule has 6 heteroatoms. The first-order chi connectivity index (χ1) is 10.7. The van der Waals surface area contributed by atoms with Gasteiger partial charge in [0.05, 0.1) is 4.90 Å². The topological polar surface area (TPSA) is 63.2 Å². The van der Waals surface area contributed by atoms with E-state index in [9.17, 15) is 13.2 Å². The molecular formula is C17H18BrNO3S. The van der Waals surface area contributed by atoms with Crippen LogP contribution in [0.15, 0.2) is 45.8 Å². The van der Waals surface area contributed by atoms with E-state index in [1.807, 2.05) is 32.9 Å². The van der Waals surface area contributed by atoms with E-state index in [4.69, 9.17) is 0 Å². The van der Waals surface area contributed by atoms with Crippen LogP contribution in [0.25, 0.3) is 0 Å². The summed E-state index contributed by atoms with van der Waals surface area (Å²) >= 11 is 3.42. The first-order valence-electron chi connectivity index (χ1n) is 7.05. The minimum atomic E-state index is -3.65. The summed E-state index contributed by atoms with van der Waals surface area (Å²) in [6, 6.07) is 10.2. The SMILES string of the molecule is Cc1ccc(S(=O)(=O)CC(=O)Nc2cc(C)c(Br)cc2C)cc1. The van der Waals surface area contributed by atoms with Gasteiger partial charge in [-0.05, 0) is 56.2 Å². The lowest BCUT2D eigenvalue weighted by atomic mass is 10.1. The van der Waals surface area contributed by atoms with Gasteiger partial charge in [0.2, 0.25) is 5.91 Å². The third-order valence-corrected chi connectivity index (χ3v) is 5.97. The number of sulfone groups is 1. The van der Waals surface area contributed by atoms with E-state index in [0.29, 0.717) is 5.69 Å². The Balaban J connectivity index is 2.16. The van der Waals surface area contributed by atoms with Crippen molar-refractivity contribution in [3.63, 3.8) is 0 Å². The Labute approximate surface area is 145 Å². The first-order valence-corrected chi connectivity index (χ1v) is 9.49. The van der Waals surface area contributed by atoms with Crippen LogP contribution in [0.3, 0.4) is 0 Å². The second kappa shape index (κ2) is 6.84. The number of nitrogens with one attached hydrogen (secondary N) is 1. The van der Waals surface area contributed by atoms with Gasteiger partial charge in [-0.25, -0.2) is 8.42 Å². The zero-order chi connectivity index (χ0) is 17.2. The van der Waals surface area contributed by atoms with E-state index in [1.54, 1.807) is 12.1 Å². The van der Waals surface area contributed by atoms with Crippen LogP contribution in [0.5, 0.6) is 0 Å². The van der Waals surface area contributed by atoms with Crippen molar-refractivity contribution in [3.8, 4) is 0 Å². The molecular weight excluding hydrogens is 378 g/mol. The van der Waals surface area contributed by atoms with E-state index in [1.165, 1.54) is 12.1 Å². The number of aryl methyl sites for hydroxylation is 3. The molecule has 0 aliphatic carbocycles. The van der Waals surface area contributed by atoms with Gasteiger partial charge in [0.15, 0.2) is 9.84 Å². The van der Waals surface area contributed by atoms with Crippen LogP contribution in [0.2, 0.25) is 0 Å². The fourth-order valence-corrected chi connectivity index (χ4v) is 3.70. The van der Waals surface area contributed by atoms with Crippen molar-refractivity contribution in [1.82, 2.24) is 0 Å². The van der Waals surface area contributed by atoms with Gasteiger partial charge in [0.25, 0.3) is 0 Å². The van der Waals surface area contributed by atoms with Gasteiger partial charge in [0.1, 0.15) is 5.75 Å². The van der Waals surface area contributed by atoms with Gasteiger partial charge >= 0.3 is 0 Å². The molecule has 4 nitrogen and oxygen atoms in total. The van der Waals surface area contributed by atoms with Crippen molar-refractivity contribution in [2.75, 3.05) is 11.1 Å². The van der Waals surface area contributed by atoms with Gasteiger partial charge in [-0.2, -0.15) is 0 Å². The Hall–Kier alpha value is -1.66. The summed E-state index contributed by atoms with van der Waals surface area (Å²) in [5.74, 6) is -1.12. The predicted molar refractivity (Wildman–Crippen MR) is 95.5 cm³/mol. The molecule has 0 unspecified atom stereocenters. The lowest BCUT2D eigenvalue weighted by Gasteiger charge is -2.11. The van der Waals surface area contributed by atoms with Crippen molar-refractivity contribution in [2.24, 2.45) is 0 Å². The molecule has 0 fully saturated rings. The second-order valence-corrected chi connectivity index (χ2v) is 8.38. The zero-order valence-electron chi connectivity index (χ0n) is 13.2. The van der Waals surface area contributed by atoms with Crippen molar-refractivity contribution < 1.29 is 13.2 Å². The van der Waals surface area contributed by atoms with Crippen LogP contribution in [0, 0.1) is 20.8 Å². The standard InChI is InChI=1S/C17H18BrNO3S/c1-11-4-6-14(7-5-11)23(21,22)10-17(20)19-16-9-12(2)15(18)8-13(16)3/h4-9H,10H2,1-3H3,(H,19,20). The van der Waals surface area contributed by atoms with E-state index < -0.39 is 21.5 Å². The maximum atomic E-state index is 12.3. The number of carbonyl (C=O) groups is 1. The van der Waals surface area contributed by atoms with Crippen LogP contribution in [-0.2, 0) is 14.6 Å². The number of benzene rings is 2. The number of hydrogen-bond acceptors (Lipinski definition) is 3. The maximum Gasteiger partial charge on any atom is 0.239 e. The van der Waals surface area contributed by atoms with Crippen LogP contribution in [0.4, 0.5) is 5.69 Å². The fraction of sp³-hybridized carbons (Fsp3) is 0.235. The molecule has 0 aromatic heterocycles. The highest BCUT2D eigenvalue weighted by atomic mass is 79.9. The van der Waals surface area contributed by atoms with Crippen LogP contribution in [0.1, 0.15) is 16.7 Å². The van der Waals surface area contributed by atoms with Gasteiger partial charge in [-0.3, -0.25) is 4.79 Å². The zero-order valence-corrected chi connectivity index (χ0v) is 15.6. The third kappa shape index (κ3) is 4.42. The smallest absolute Gasteiger partial charge is 0.239 e. The van der Waals surface area contributed by atoms with Gasteiger partial charge in [-0.1, -0.05) is 33.6 Å². The van der Waals surface area contributed by atoms with Crippen LogP contribution >= 0.6 is 15.9 Å². The summed E-state index contributed by atoms with van der Waals surface area (Å²) in [5.41, 5.74) is 3.42. The lowest BCUT2D eigenvalue weighted by molar-refractivity contribution is -0.113. The number of amides is 1. The first kappa shape index (κ1) is 17.7. The monoisotopic (exact) mass is 395 g/mol. The van der Waals surface area contributed by atoms with E-state index >= 15 is 0 Å². The Kier molecular flexibility index (Phi) is 5.26. The Morgan fingerprint density at radius 2 is 1.65 bits per heavy atom. The molecule has 0 spiro atoms. The molecule has 0 heterocycles. The van der Waals surface area contributed by atoms with Gasteiger partial charge in [0, 0.05) is 10.2 Å². The highest BCUT2D eigenvalue weighted by Crippen LogP contribution is 2.24. The summed E-state index contributed by atoms with van der Waals surface area (Å²) in [5, 5.41) is 2.68. The van der Waals surface area contributed by atoms with Crippen molar-refractivity contribution in [1.29, 1.82) is 0 Å². The largest absolute Gasteiger partial charge is 0.325 e. The van der Waals surface area contributed by atoms with E-state index in [-0.39, 0.29) is 4.90 Å². The molecule has 1 N–H and O–H groups in total. The summed E-state index contributed by atoms with van der Waals surface area (Å²) in [6.45, 7) is 5.64. The van der Waals surface area contributed by atoms with E-state index in [0.717, 1.165) is 21.2 Å². The molecule has 2 aromatic carbocycles. The molecule has 23 heavy (non-hydrogen) atoms. The minimum absolute atomic E-state index is 0.155. The number of carbonyl (C=O) groups excluding carboxylic acids is 1. The van der Waals surface area contributed by atoms with Gasteiger partial charge < -0.3 is 5.32 Å². The van der Waals surface area contributed by atoms with Gasteiger partial charge in [-0.15, -0.1) is 0 Å². The lowest BCUT2D eigenvalue weighted by Crippen LogP contribution is -2.23. The normalized spacial score (nSPS) is 11.3. The molecule has 2 rings (SSSR count). The summed E-state index contributed by atoms with van der Waals surface area (Å²) < 4.78 is 25.5. The second-order valence-electron chi connectivity index (χ2n) is 5.54. The van der Waals surface area contributed by atoms with E-state index in [2.05, 4.69) is 21.2 Å². The molecule has 2 aromatic rings. The molecule has 0 radical (unpaired) electrons. The summed E-state index contributed by atoms with van der Waals surface area (Å²) in [6.07, 6.45) is 0. The van der Waals surface area contributed by atoms with Crippen LogP contribution < -0.4 is 5.32 Å². The molecule has 0 saturated heterocycles. The molecule has 0 aliphatic heterocycles. The predicted octanol–water partition coefficient (Wildman–Crippen LogP) is 3.79. The van der Waals surface area contributed by atoms with Crippen molar-refractivity contribution in [3.05, 3.63) is 57.6 Å². The quantitative estimate of drug-likeness (QED) is 0.856. The summed E-state index contributed by atoms with van der Waals surface area (Å²) in [7, 11) is -3.65. The third-order valence-electron chi connectivity index (χ3n) is 3.48. The van der Waals surface area contributed by atoms with Crippen molar-refractivity contribution in [2.45, 2.75) is 25.7 Å². The molecule has 1 amide bonds. The molecule has 0 aliphatic rings. The minimum Gasteiger partial charge on any atom is -0.325 e. The summed E-state index contributed by atoms with van der Waals surface area (Å²) in [4.78, 5) is 12.3. The number of anilines is 1. The average molecular weight is 396 g/mol. The highest BCUT2D eigenvalue weighted by molar-refractivity contribution is 9.10. The Bertz CT molecular complexity index is 843. The highest BCUT2D eigenvalue weighted by Gasteiger charge is 2.19.